The quantitative estimate of drug-likeness (QED) is 0.735. The number of nitriles is 1. The molecular weight excluding hydrogens is 216 g/mol. The molecule has 0 atom stereocenters. The first-order valence-corrected chi connectivity index (χ1v) is 5.09. The van der Waals surface area contributed by atoms with E-state index in [1.54, 1.807) is 24.4 Å². The number of aromatic nitrogens is 1. The molecule has 1 heterocycles. The van der Waals surface area contributed by atoms with Gasteiger partial charge in [-0.1, -0.05) is 6.07 Å². The summed E-state index contributed by atoms with van der Waals surface area (Å²) in [5, 5.41) is 9.37. The van der Waals surface area contributed by atoms with Crippen molar-refractivity contribution in [3.63, 3.8) is 0 Å². The van der Waals surface area contributed by atoms with Gasteiger partial charge in [0.15, 0.2) is 0 Å². The third-order valence-corrected chi connectivity index (χ3v) is 2.49. The number of carbonyl (C=O) groups excluding carboxylic acids is 1. The molecule has 0 amide bonds. The fourth-order valence-electron chi connectivity index (χ4n) is 1.68. The number of hydrogen-bond acceptors (Lipinski definition) is 4. The lowest BCUT2D eigenvalue weighted by molar-refractivity contribution is 0.0603. The Balaban J connectivity index is 2.64. The normalized spacial score (nSPS) is 9.88. The smallest absolute Gasteiger partial charge is 0.338 e. The van der Waals surface area contributed by atoms with Gasteiger partial charge in [-0.05, 0) is 23.8 Å². The van der Waals surface area contributed by atoms with E-state index in [-0.39, 0.29) is 0 Å². The van der Waals surface area contributed by atoms with Crippen LogP contribution in [0.1, 0.15) is 15.9 Å². The molecule has 1 aromatic heterocycles. The summed E-state index contributed by atoms with van der Waals surface area (Å²) in [4.78, 5) is 15.8. The minimum atomic E-state index is -0.397. The molecule has 0 bridgehead atoms. The van der Waals surface area contributed by atoms with Gasteiger partial charge in [-0.15, -0.1) is 0 Å². The molecule has 84 valence electrons. The Morgan fingerprint density at radius 1 is 1.47 bits per heavy atom. The molecule has 0 spiro atoms. The highest BCUT2D eigenvalue weighted by Crippen LogP contribution is 2.19. The Hall–Kier alpha value is -2.41. The molecule has 0 N–H and O–H groups in total. The summed E-state index contributed by atoms with van der Waals surface area (Å²) in [6.07, 6.45) is 1.88. The zero-order valence-electron chi connectivity index (χ0n) is 9.30. The average Bonchev–Trinajstić information content (AvgIpc) is 2.37. The van der Waals surface area contributed by atoms with Crippen LogP contribution in [0, 0.1) is 11.3 Å². The van der Waals surface area contributed by atoms with Crippen LogP contribution in [0.3, 0.4) is 0 Å². The van der Waals surface area contributed by atoms with Crippen molar-refractivity contribution >= 4 is 16.9 Å². The monoisotopic (exact) mass is 226 g/mol. The van der Waals surface area contributed by atoms with E-state index in [4.69, 9.17) is 10.00 Å². The van der Waals surface area contributed by atoms with Crippen LogP contribution in [-0.4, -0.2) is 18.1 Å². The van der Waals surface area contributed by atoms with Crippen molar-refractivity contribution < 1.29 is 9.53 Å². The predicted molar refractivity (Wildman–Crippen MR) is 62.4 cm³/mol. The van der Waals surface area contributed by atoms with Crippen molar-refractivity contribution in [1.82, 2.24) is 4.98 Å². The van der Waals surface area contributed by atoms with Gasteiger partial charge in [0.1, 0.15) is 0 Å². The molecule has 4 heteroatoms. The Kier molecular flexibility index (Phi) is 3.01. The summed E-state index contributed by atoms with van der Waals surface area (Å²) >= 11 is 0. The number of hydrogen-bond donors (Lipinski definition) is 0. The third kappa shape index (κ3) is 2.08. The topological polar surface area (TPSA) is 63.0 Å². The van der Waals surface area contributed by atoms with Crippen LogP contribution in [0.5, 0.6) is 0 Å². The lowest BCUT2D eigenvalue weighted by Gasteiger charge is -2.05. The van der Waals surface area contributed by atoms with Crippen molar-refractivity contribution in [2.45, 2.75) is 6.42 Å². The van der Waals surface area contributed by atoms with Crippen molar-refractivity contribution in [2.24, 2.45) is 0 Å². The standard InChI is InChI=1S/C13H10N2O2/c1-17-13(16)10-5-7-15-12-3-2-9(4-6-14)8-11(10)12/h2-3,5,7-8H,4H2,1H3. The number of benzene rings is 1. The second-order valence-electron chi connectivity index (χ2n) is 3.54. The Bertz CT molecular complexity index is 614. The fourth-order valence-corrected chi connectivity index (χ4v) is 1.68. The minimum Gasteiger partial charge on any atom is -0.465 e. The number of rotatable bonds is 2. The third-order valence-electron chi connectivity index (χ3n) is 2.49. The van der Waals surface area contributed by atoms with Gasteiger partial charge in [0.2, 0.25) is 0 Å². The van der Waals surface area contributed by atoms with Crippen LogP contribution in [0.25, 0.3) is 10.9 Å². The SMILES string of the molecule is COC(=O)c1ccnc2ccc(CC#N)cc12. The molecule has 0 unspecified atom stereocenters. The van der Waals surface area contributed by atoms with Gasteiger partial charge in [-0.3, -0.25) is 4.98 Å². The molecular formula is C13H10N2O2. The van der Waals surface area contributed by atoms with Crippen LogP contribution in [0.2, 0.25) is 0 Å². The van der Waals surface area contributed by atoms with E-state index in [1.165, 1.54) is 7.11 Å². The van der Waals surface area contributed by atoms with Gasteiger partial charge in [0, 0.05) is 11.6 Å². The Morgan fingerprint density at radius 3 is 3.00 bits per heavy atom. The number of nitrogens with zero attached hydrogens (tertiary/aromatic N) is 2. The molecule has 0 fully saturated rings. The lowest BCUT2D eigenvalue weighted by Crippen LogP contribution is -2.02. The molecule has 17 heavy (non-hydrogen) atoms. The second kappa shape index (κ2) is 4.62. The first kappa shape index (κ1) is 11.1. The van der Waals surface area contributed by atoms with E-state index in [1.807, 2.05) is 6.07 Å². The summed E-state index contributed by atoms with van der Waals surface area (Å²) in [7, 11) is 1.34. The van der Waals surface area contributed by atoms with E-state index in [0.717, 1.165) is 11.1 Å². The Morgan fingerprint density at radius 2 is 2.29 bits per heavy atom. The molecule has 0 aliphatic rings. The number of fused-ring (bicyclic) bond motifs is 1. The van der Waals surface area contributed by atoms with E-state index >= 15 is 0 Å². The van der Waals surface area contributed by atoms with Gasteiger partial charge in [-0.25, -0.2) is 4.79 Å². The van der Waals surface area contributed by atoms with Gasteiger partial charge < -0.3 is 4.74 Å². The molecule has 0 aliphatic carbocycles. The van der Waals surface area contributed by atoms with Crippen molar-refractivity contribution in [3.8, 4) is 6.07 Å². The molecule has 2 aromatic rings. The van der Waals surface area contributed by atoms with Gasteiger partial charge in [0.25, 0.3) is 0 Å². The van der Waals surface area contributed by atoms with E-state index < -0.39 is 5.97 Å². The molecule has 1 aromatic carbocycles. The zero-order chi connectivity index (χ0) is 12.3. The first-order chi connectivity index (χ1) is 8.26. The molecule has 0 saturated carbocycles. The first-order valence-electron chi connectivity index (χ1n) is 5.09. The molecule has 2 rings (SSSR count). The maximum absolute atomic E-state index is 11.6. The highest BCUT2D eigenvalue weighted by Gasteiger charge is 2.10. The van der Waals surface area contributed by atoms with Crippen molar-refractivity contribution in [2.75, 3.05) is 7.11 Å². The van der Waals surface area contributed by atoms with Crippen molar-refractivity contribution in [3.05, 3.63) is 41.6 Å². The van der Waals surface area contributed by atoms with E-state index in [9.17, 15) is 4.79 Å². The van der Waals surface area contributed by atoms with Gasteiger partial charge in [-0.2, -0.15) is 5.26 Å². The lowest BCUT2D eigenvalue weighted by atomic mass is 10.0. The van der Waals surface area contributed by atoms with Crippen LogP contribution in [0.15, 0.2) is 30.5 Å². The predicted octanol–water partition coefficient (Wildman–Crippen LogP) is 2.09. The number of ether oxygens (including phenoxy) is 1. The van der Waals surface area contributed by atoms with Crippen LogP contribution in [-0.2, 0) is 11.2 Å². The molecule has 0 saturated heterocycles. The largest absolute Gasteiger partial charge is 0.465 e. The highest BCUT2D eigenvalue weighted by molar-refractivity contribution is 6.03. The number of carbonyl (C=O) groups is 1. The van der Waals surface area contributed by atoms with Gasteiger partial charge >= 0.3 is 5.97 Å². The fraction of sp³-hybridized carbons (Fsp3) is 0.154. The van der Waals surface area contributed by atoms with Crippen LogP contribution in [0.4, 0.5) is 0 Å². The van der Waals surface area contributed by atoms with E-state index in [0.29, 0.717) is 17.4 Å². The van der Waals surface area contributed by atoms with Crippen LogP contribution >= 0.6 is 0 Å². The summed E-state index contributed by atoms with van der Waals surface area (Å²) in [6, 6.07) is 9.13. The van der Waals surface area contributed by atoms with E-state index in [2.05, 4.69) is 11.1 Å². The van der Waals surface area contributed by atoms with Crippen LogP contribution < -0.4 is 0 Å². The minimum absolute atomic E-state index is 0.311. The number of methoxy groups -OCH3 is 1. The zero-order valence-corrected chi connectivity index (χ0v) is 9.30. The summed E-state index contributed by atoms with van der Waals surface area (Å²) < 4.78 is 4.71. The second-order valence-corrected chi connectivity index (χ2v) is 3.54. The number of pyridine rings is 1. The summed E-state index contributed by atoms with van der Waals surface area (Å²) in [5.41, 5.74) is 2.05. The maximum atomic E-state index is 11.6. The maximum Gasteiger partial charge on any atom is 0.338 e. The molecule has 4 nitrogen and oxygen atoms in total. The number of esters is 1. The average molecular weight is 226 g/mol. The molecule has 0 radical (unpaired) electrons. The van der Waals surface area contributed by atoms with Gasteiger partial charge in [0.05, 0.1) is 30.7 Å². The molecule has 0 aliphatic heterocycles. The van der Waals surface area contributed by atoms with Crippen molar-refractivity contribution in [1.29, 1.82) is 5.26 Å². The summed E-state index contributed by atoms with van der Waals surface area (Å²) in [5.74, 6) is -0.397. The highest BCUT2D eigenvalue weighted by atomic mass is 16.5. The summed E-state index contributed by atoms with van der Waals surface area (Å²) in [6.45, 7) is 0. The Labute approximate surface area is 98.5 Å².